The number of amides is 1. The van der Waals surface area contributed by atoms with Crippen LogP contribution in [0.4, 0.5) is 0 Å². The van der Waals surface area contributed by atoms with Gasteiger partial charge in [-0.05, 0) is 25.3 Å². The number of ether oxygens (including phenoxy) is 1. The lowest BCUT2D eigenvalue weighted by atomic mass is 10.1. The Balaban J connectivity index is 1.75. The second kappa shape index (κ2) is 5.67. The van der Waals surface area contributed by atoms with Crippen LogP contribution in [0.25, 0.3) is 0 Å². The van der Waals surface area contributed by atoms with Crippen LogP contribution in [-0.4, -0.2) is 18.5 Å². The molecular formula is C14H17NO3. The highest BCUT2D eigenvalue weighted by Crippen LogP contribution is 2.29. The topological polar surface area (TPSA) is 55.4 Å². The van der Waals surface area contributed by atoms with Crippen LogP contribution in [0, 0.1) is 5.92 Å². The number of esters is 1. The van der Waals surface area contributed by atoms with Crippen molar-refractivity contribution in [3.05, 3.63) is 35.9 Å². The lowest BCUT2D eigenvalue weighted by Crippen LogP contribution is -2.31. The molecule has 0 aliphatic heterocycles. The summed E-state index contributed by atoms with van der Waals surface area (Å²) in [5.41, 5.74) is 1.03. The summed E-state index contributed by atoms with van der Waals surface area (Å²) in [5.74, 6) is -0.484. The number of hydrogen-bond donors (Lipinski definition) is 1. The number of carbonyl (C=O) groups is 2. The normalized spacial score (nSPS) is 15.8. The molecule has 0 radical (unpaired) electrons. The van der Waals surface area contributed by atoms with Crippen molar-refractivity contribution in [1.82, 2.24) is 5.32 Å². The van der Waals surface area contributed by atoms with Crippen molar-refractivity contribution in [2.24, 2.45) is 5.92 Å². The lowest BCUT2D eigenvalue weighted by Gasteiger charge is -2.14. The van der Waals surface area contributed by atoms with Crippen LogP contribution in [0.2, 0.25) is 0 Å². The van der Waals surface area contributed by atoms with Crippen molar-refractivity contribution in [2.75, 3.05) is 6.61 Å². The Morgan fingerprint density at radius 2 is 2.00 bits per heavy atom. The molecule has 1 aromatic rings. The van der Waals surface area contributed by atoms with Gasteiger partial charge in [-0.1, -0.05) is 30.3 Å². The van der Waals surface area contributed by atoms with E-state index in [0.717, 1.165) is 18.4 Å². The standard InChI is InChI=1S/C14H17NO3/c1-10(11-5-3-2-4-6-11)15-13(16)9-18-14(17)12-7-8-12/h2-6,10,12H,7-9H2,1H3,(H,15,16)/t10-/m1/s1. The van der Waals surface area contributed by atoms with E-state index >= 15 is 0 Å². The SMILES string of the molecule is C[C@@H](NC(=O)COC(=O)C1CC1)c1ccccc1. The van der Waals surface area contributed by atoms with Gasteiger partial charge in [-0.2, -0.15) is 0 Å². The molecule has 96 valence electrons. The third-order valence-electron chi connectivity index (χ3n) is 2.93. The molecule has 1 N–H and O–H groups in total. The Kier molecular flexibility index (Phi) is 3.97. The average molecular weight is 247 g/mol. The van der Waals surface area contributed by atoms with Crippen LogP contribution in [0.15, 0.2) is 30.3 Å². The number of nitrogens with one attached hydrogen (secondary N) is 1. The van der Waals surface area contributed by atoms with E-state index in [9.17, 15) is 9.59 Å². The van der Waals surface area contributed by atoms with Gasteiger partial charge in [0.25, 0.3) is 5.91 Å². The number of hydrogen-bond acceptors (Lipinski definition) is 3. The van der Waals surface area contributed by atoms with Crippen LogP contribution >= 0.6 is 0 Å². The fourth-order valence-electron chi connectivity index (χ4n) is 1.68. The molecule has 1 aliphatic carbocycles. The van der Waals surface area contributed by atoms with E-state index in [1.807, 2.05) is 37.3 Å². The van der Waals surface area contributed by atoms with Gasteiger partial charge in [0.2, 0.25) is 0 Å². The van der Waals surface area contributed by atoms with Crippen molar-refractivity contribution >= 4 is 11.9 Å². The molecule has 1 aromatic carbocycles. The zero-order chi connectivity index (χ0) is 13.0. The highest BCUT2D eigenvalue weighted by molar-refractivity contribution is 5.82. The molecule has 4 nitrogen and oxygen atoms in total. The Hall–Kier alpha value is -1.84. The van der Waals surface area contributed by atoms with E-state index in [2.05, 4.69) is 5.32 Å². The van der Waals surface area contributed by atoms with E-state index in [-0.39, 0.29) is 30.4 Å². The van der Waals surface area contributed by atoms with Crippen molar-refractivity contribution in [3.8, 4) is 0 Å². The first kappa shape index (κ1) is 12.6. The molecule has 1 aliphatic rings. The zero-order valence-corrected chi connectivity index (χ0v) is 10.4. The van der Waals surface area contributed by atoms with E-state index in [1.54, 1.807) is 0 Å². The maximum Gasteiger partial charge on any atom is 0.309 e. The molecule has 1 atom stereocenters. The van der Waals surface area contributed by atoms with E-state index in [1.165, 1.54) is 0 Å². The largest absolute Gasteiger partial charge is 0.455 e. The first-order valence-electron chi connectivity index (χ1n) is 6.18. The summed E-state index contributed by atoms with van der Waals surface area (Å²) in [6.45, 7) is 1.71. The van der Waals surface area contributed by atoms with E-state index in [4.69, 9.17) is 4.74 Å². The quantitative estimate of drug-likeness (QED) is 0.807. The van der Waals surface area contributed by atoms with Gasteiger partial charge >= 0.3 is 5.97 Å². The van der Waals surface area contributed by atoms with Gasteiger partial charge in [0.15, 0.2) is 6.61 Å². The molecule has 2 rings (SSSR count). The monoisotopic (exact) mass is 247 g/mol. The molecule has 1 saturated carbocycles. The molecular weight excluding hydrogens is 230 g/mol. The predicted octanol–water partition coefficient (Wildman–Crippen LogP) is 1.82. The van der Waals surface area contributed by atoms with Gasteiger partial charge in [0.1, 0.15) is 0 Å². The molecule has 1 amide bonds. The second-order valence-electron chi connectivity index (χ2n) is 4.58. The van der Waals surface area contributed by atoms with Crippen molar-refractivity contribution in [1.29, 1.82) is 0 Å². The molecule has 0 saturated heterocycles. The van der Waals surface area contributed by atoms with Crippen LogP contribution < -0.4 is 5.32 Å². The zero-order valence-electron chi connectivity index (χ0n) is 10.4. The molecule has 0 bridgehead atoms. The van der Waals surface area contributed by atoms with E-state index in [0.29, 0.717) is 0 Å². The minimum absolute atomic E-state index is 0.0318. The van der Waals surface area contributed by atoms with Crippen LogP contribution in [0.3, 0.4) is 0 Å². The van der Waals surface area contributed by atoms with Crippen molar-refractivity contribution in [2.45, 2.75) is 25.8 Å². The van der Waals surface area contributed by atoms with E-state index < -0.39 is 0 Å². The summed E-state index contributed by atoms with van der Waals surface area (Å²) in [6.07, 6.45) is 1.78. The highest BCUT2D eigenvalue weighted by Gasteiger charge is 2.31. The Labute approximate surface area is 106 Å². The fourth-order valence-corrected chi connectivity index (χ4v) is 1.68. The first-order chi connectivity index (χ1) is 8.66. The molecule has 0 unspecified atom stereocenters. The molecule has 0 spiro atoms. The average Bonchev–Trinajstić information content (AvgIpc) is 3.21. The Morgan fingerprint density at radius 3 is 2.61 bits per heavy atom. The smallest absolute Gasteiger partial charge is 0.309 e. The maximum absolute atomic E-state index is 11.6. The second-order valence-corrected chi connectivity index (χ2v) is 4.58. The van der Waals surface area contributed by atoms with Gasteiger partial charge in [0, 0.05) is 0 Å². The maximum atomic E-state index is 11.6. The third kappa shape index (κ3) is 3.58. The molecule has 1 fully saturated rings. The van der Waals surface area contributed by atoms with Gasteiger partial charge < -0.3 is 10.1 Å². The van der Waals surface area contributed by atoms with Crippen LogP contribution in [0.5, 0.6) is 0 Å². The summed E-state index contributed by atoms with van der Waals surface area (Å²) >= 11 is 0. The van der Waals surface area contributed by atoms with Gasteiger partial charge in [-0.25, -0.2) is 0 Å². The summed E-state index contributed by atoms with van der Waals surface area (Å²) in [6, 6.07) is 9.58. The summed E-state index contributed by atoms with van der Waals surface area (Å²) in [7, 11) is 0. The predicted molar refractivity (Wildman–Crippen MR) is 66.7 cm³/mol. The summed E-state index contributed by atoms with van der Waals surface area (Å²) in [5, 5.41) is 2.79. The Bertz CT molecular complexity index is 426. The molecule has 0 aromatic heterocycles. The van der Waals surface area contributed by atoms with Crippen molar-refractivity contribution < 1.29 is 14.3 Å². The third-order valence-corrected chi connectivity index (χ3v) is 2.93. The number of rotatable bonds is 5. The molecule has 4 heteroatoms. The fraction of sp³-hybridized carbons (Fsp3) is 0.429. The number of carbonyl (C=O) groups excluding carboxylic acids is 2. The highest BCUT2D eigenvalue weighted by atomic mass is 16.5. The lowest BCUT2D eigenvalue weighted by molar-refractivity contribution is -0.150. The summed E-state index contributed by atoms with van der Waals surface area (Å²) in [4.78, 5) is 22.8. The first-order valence-corrected chi connectivity index (χ1v) is 6.18. The minimum Gasteiger partial charge on any atom is -0.455 e. The van der Waals surface area contributed by atoms with Gasteiger partial charge in [-0.15, -0.1) is 0 Å². The molecule has 18 heavy (non-hydrogen) atoms. The van der Waals surface area contributed by atoms with Crippen LogP contribution in [0.1, 0.15) is 31.4 Å². The number of benzene rings is 1. The minimum atomic E-state index is -0.264. The Morgan fingerprint density at radius 1 is 1.33 bits per heavy atom. The van der Waals surface area contributed by atoms with Crippen molar-refractivity contribution in [3.63, 3.8) is 0 Å². The van der Waals surface area contributed by atoms with Crippen LogP contribution in [-0.2, 0) is 14.3 Å². The van der Waals surface area contributed by atoms with Gasteiger partial charge in [0.05, 0.1) is 12.0 Å². The van der Waals surface area contributed by atoms with Gasteiger partial charge in [-0.3, -0.25) is 9.59 Å². The summed E-state index contributed by atoms with van der Waals surface area (Å²) < 4.78 is 4.91. The molecule has 0 heterocycles.